The highest BCUT2D eigenvalue weighted by Crippen LogP contribution is 2.21. The molecule has 34 heavy (non-hydrogen) atoms. The number of nitrogens with one attached hydrogen (secondary N) is 2. The zero-order chi connectivity index (χ0) is 24.7. The number of benzene rings is 2. The van der Waals surface area contributed by atoms with Crippen LogP contribution in [0.2, 0.25) is 5.02 Å². The van der Waals surface area contributed by atoms with Crippen molar-refractivity contribution < 1.29 is 9.53 Å². The number of nitrogens with zero attached hydrogens (tertiary/aromatic N) is 2. The second-order valence-electron chi connectivity index (χ2n) is 7.77. The smallest absolute Gasteiger partial charge is 0.330 e. The molecular formula is C24H28ClN5O4. The van der Waals surface area contributed by atoms with Gasteiger partial charge in [-0.05, 0) is 36.6 Å². The van der Waals surface area contributed by atoms with Crippen LogP contribution in [0.3, 0.4) is 0 Å². The normalized spacial score (nSPS) is 10.8. The molecule has 0 aliphatic carbocycles. The van der Waals surface area contributed by atoms with Gasteiger partial charge in [0.2, 0.25) is 5.91 Å². The number of carbonyl (C=O) groups is 1. The van der Waals surface area contributed by atoms with Crippen LogP contribution in [0, 0.1) is 6.92 Å². The molecule has 0 aliphatic heterocycles. The van der Waals surface area contributed by atoms with Crippen LogP contribution in [0.5, 0.6) is 0 Å². The highest BCUT2D eigenvalue weighted by Gasteiger charge is 2.24. The quantitative estimate of drug-likeness (QED) is 0.379. The minimum Gasteiger partial charge on any atom is -0.385 e. The molecule has 0 unspecified atom stereocenters. The lowest BCUT2D eigenvalue weighted by atomic mass is 10.2. The van der Waals surface area contributed by atoms with Gasteiger partial charge in [-0.25, -0.2) is 4.79 Å². The van der Waals surface area contributed by atoms with Crippen molar-refractivity contribution in [2.24, 2.45) is 0 Å². The third-order valence-corrected chi connectivity index (χ3v) is 5.72. The van der Waals surface area contributed by atoms with E-state index in [2.05, 4.69) is 10.3 Å². The number of hydrogen-bond donors (Lipinski definition) is 3. The number of hydrogen-bond acceptors (Lipinski definition) is 6. The first kappa shape index (κ1) is 25.1. The summed E-state index contributed by atoms with van der Waals surface area (Å²) in [6.45, 7) is 2.48. The largest absolute Gasteiger partial charge is 0.385 e. The minimum atomic E-state index is -0.726. The second kappa shape index (κ2) is 11.5. The Morgan fingerprint density at radius 3 is 2.62 bits per heavy atom. The molecule has 180 valence electrons. The van der Waals surface area contributed by atoms with E-state index < -0.39 is 17.2 Å². The molecule has 3 rings (SSSR count). The van der Waals surface area contributed by atoms with Crippen molar-refractivity contribution in [3.05, 3.63) is 85.5 Å². The van der Waals surface area contributed by atoms with E-state index in [1.807, 2.05) is 49.4 Å². The van der Waals surface area contributed by atoms with Crippen LogP contribution in [0.4, 0.5) is 17.2 Å². The lowest BCUT2D eigenvalue weighted by Crippen LogP contribution is -2.44. The van der Waals surface area contributed by atoms with Crippen LogP contribution in [-0.4, -0.2) is 42.3 Å². The maximum atomic E-state index is 13.2. The van der Waals surface area contributed by atoms with Gasteiger partial charge in [0.15, 0.2) is 5.69 Å². The van der Waals surface area contributed by atoms with E-state index in [4.69, 9.17) is 22.1 Å². The average Bonchev–Trinajstić information content (AvgIpc) is 2.82. The fourth-order valence-corrected chi connectivity index (χ4v) is 3.65. The Balaban J connectivity index is 1.93. The van der Waals surface area contributed by atoms with E-state index >= 15 is 0 Å². The SMILES string of the molecule is COCCCN(C(=O)CNc1ccc(C)c(Cl)c1)c1c(N)n(Cc2ccccc2)c(=O)[nH]c1=O. The molecule has 9 nitrogen and oxygen atoms in total. The molecule has 4 N–H and O–H groups in total. The molecule has 1 amide bonds. The fourth-order valence-electron chi connectivity index (χ4n) is 3.47. The lowest BCUT2D eigenvalue weighted by Gasteiger charge is -2.25. The number of aromatic nitrogens is 2. The number of carbonyl (C=O) groups excluding carboxylic acids is 1. The van der Waals surface area contributed by atoms with Crippen molar-refractivity contribution >= 4 is 34.7 Å². The molecule has 0 fully saturated rings. The van der Waals surface area contributed by atoms with Crippen LogP contribution in [0.15, 0.2) is 58.1 Å². The molecule has 1 heterocycles. The summed E-state index contributed by atoms with van der Waals surface area (Å²) in [6, 6.07) is 14.6. The zero-order valence-electron chi connectivity index (χ0n) is 19.1. The summed E-state index contributed by atoms with van der Waals surface area (Å²) in [5.41, 5.74) is 7.26. The van der Waals surface area contributed by atoms with Crippen LogP contribution in [0.1, 0.15) is 17.5 Å². The topological polar surface area (TPSA) is 122 Å². The van der Waals surface area contributed by atoms with Crippen molar-refractivity contribution in [3.8, 4) is 0 Å². The average molecular weight is 486 g/mol. The number of H-pyrrole nitrogens is 1. The summed E-state index contributed by atoms with van der Waals surface area (Å²) in [6.07, 6.45) is 0.468. The first-order valence-corrected chi connectivity index (χ1v) is 11.2. The predicted octanol–water partition coefficient (Wildman–Crippen LogP) is 2.61. The van der Waals surface area contributed by atoms with Crippen molar-refractivity contribution in [2.45, 2.75) is 19.9 Å². The summed E-state index contributed by atoms with van der Waals surface area (Å²) in [5.74, 6) is -0.475. The number of nitrogens with two attached hydrogens (primary N) is 1. The maximum Gasteiger partial charge on any atom is 0.330 e. The van der Waals surface area contributed by atoms with Gasteiger partial charge < -0.3 is 20.7 Å². The van der Waals surface area contributed by atoms with Gasteiger partial charge in [-0.1, -0.05) is 48.0 Å². The van der Waals surface area contributed by atoms with E-state index in [-0.39, 0.29) is 31.1 Å². The standard InChI is InChI=1S/C24H28ClN5O4/c1-16-9-10-18(13-19(16)25)27-14-20(31)29(11-6-12-34-2)21-22(26)30(24(33)28-23(21)32)15-17-7-4-3-5-8-17/h3-5,7-10,13,27H,6,11-12,14-15,26H2,1-2H3,(H,28,32,33). The summed E-state index contributed by atoms with van der Waals surface area (Å²) >= 11 is 6.17. The summed E-state index contributed by atoms with van der Waals surface area (Å²) in [7, 11) is 1.55. The molecule has 0 atom stereocenters. The molecule has 0 radical (unpaired) electrons. The Labute approximate surface area is 202 Å². The van der Waals surface area contributed by atoms with E-state index in [9.17, 15) is 14.4 Å². The monoisotopic (exact) mass is 485 g/mol. The van der Waals surface area contributed by atoms with Gasteiger partial charge in [0.25, 0.3) is 5.56 Å². The molecule has 1 aromatic heterocycles. The minimum absolute atomic E-state index is 0.0691. The Bertz CT molecular complexity index is 1260. The van der Waals surface area contributed by atoms with Gasteiger partial charge in [0, 0.05) is 31.0 Å². The number of halogens is 1. The Hall–Kier alpha value is -3.56. The van der Waals surface area contributed by atoms with E-state index in [1.165, 1.54) is 9.47 Å². The molecule has 0 aliphatic rings. The molecule has 0 saturated carbocycles. The van der Waals surface area contributed by atoms with Crippen LogP contribution < -0.4 is 27.2 Å². The number of methoxy groups -OCH3 is 1. The Morgan fingerprint density at radius 2 is 1.94 bits per heavy atom. The number of anilines is 3. The van der Waals surface area contributed by atoms with Crippen molar-refractivity contribution in [3.63, 3.8) is 0 Å². The van der Waals surface area contributed by atoms with E-state index in [1.54, 1.807) is 13.2 Å². The van der Waals surface area contributed by atoms with E-state index in [0.717, 1.165) is 11.1 Å². The van der Waals surface area contributed by atoms with Crippen molar-refractivity contribution in [2.75, 3.05) is 42.8 Å². The molecule has 3 aromatic rings. The Kier molecular flexibility index (Phi) is 8.50. The number of ether oxygens (including phenoxy) is 1. The third-order valence-electron chi connectivity index (χ3n) is 5.31. The van der Waals surface area contributed by atoms with E-state index in [0.29, 0.717) is 23.7 Å². The van der Waals surface area contributed by atoms with Crippen LogP contribution in [0.25, 0.3) is 0 Å². The summed E-state index contributed by atoms with van der Waals surface area (Å²) in [4.78, 5) is 42.1. The van der Waals surface area contributed by atoms with Gasteiger partial charge in [-0.3, -0.25) is 19.1 Å². The van der Waals surface area contributed by atoms with Gasteiger partial charge >= 0.3 is 5.69 Å². The predicted molar refractivity (Wildman–Crippen MR) is 135 cm³/mol. The zero-order valence-corrected chi connectivity index (χ0v) is 19.9. The van der Waals surface area contributed by atoms with Crippen molar-refractivity contribution in [1.29, 1.82) is 0 Å². The fraction of sp³-hybridized carbons (Fsp3) is 0.292. The number of aromatic amines is 1. The number of rotatable bonds is 10. The highest BCUT2D eigenvalue weighted by molar-refractivity contribution is 6.31. The first-order chi connectivity index (χ1) is 16.3. The maximum absolute atomic E-state index is 13.2. The molecule has 0 spiro atoms. The van der Waals surface area contributed by atoms with Gasteiger partial charge in [0.1, 0.15) is 5.82 Å². The number of aryl methyl sites for hydroxylation is 1. The third kappa shape index (κ3) is 6.06. The van der Waals surface area contributed by atoms with Crippen molar-refractivity contribution in [1.82, 2.24) is 9.55 Å². The molecule has 0 saturated heterocycles. The number of nitrogen functional groups attached to an aromatic ring is 1. The number of amides is 1. The molecular weight excluding hydrogens is 458 g/mol. The van der Waals surface area contributed by atoms with Gasteiger partial charge in [0.05, 0.1) is 13.1 Å². The Morgan fingerprint density at radius 1 is 1.21 bits per heavy atom. The van der Waals surface area contributed by atoms with Gasteiger partial charge in [-0.2, -0.15) is 0 Å². The van der Waals surface area contributed by atoms with Crippen LogP contribution in [-0.2, 0) is 16.1 Å². The molecule has 10 heteroatoms. The molecule has 0 bridgehead atoms. The highest BCUT2D eigenvalue weighted by atomic mass is 35.5. The first-order valence-electron chi connectivity index (χ1n) is 10.8. The molecule has 2 aromatic carbocycles. The van der Waals surface area contributed by atoms with Gasteiger partial charge in [-0.15, -0.1) is 0 Å². The second-order valence-corrected chi connectivity index (χ2v) is 8.18. The lowest BCUT2D eigenvalue weighted by molar-refractivity contribution is -0.117. The van der Waals surface area contributed by atoms with Crippen LogP contribution >= 0.6 is 11.6 Å². The summed E-state index contributed by atoms with van der Waals surface area (Å²) in [5, 5.41) is 3.60. The summed E-state index contributed by atoms with van der Waals surface area (Å²) < 4.78 is 6.35.